The highest BCUT2D eigenvalue weighted by Gasteiger charge is 2.32. The second-order valence-electron chi connectivity index (χ2n) is 9.06. The third kappa shape index (κ3) is 5.55. The molecule has 0 saturated heterocycles. The predicted molar refractivity (Wildman–Crippen MR) is 167 cm³/mol. The Morgan fingerprint density at radius 1 is 0.585 bits per heavy atom. The summed E-state index contributed by atoms with van der Waals surface area (Å²) in [6, 6.07) is 27.1. The summed E-state index contributed by atoms with van der Waals surface area (Å²) < 4.78 is 26.3. The minimum Gasteiger partial charge on any atom is -0.493 e. The van der Waals surface area contributed by atoms with E-state index in [1.54, 1.807) is 4.57 Å². The van der Waals surface area contributed by atoms with Gasteiger partial charge in [0.1, 0.15) is 23.0 Å². The Balaban J connectivity index is 1.76. The number of ether oxygens (including phenoxy) is 4. The van der Waals surface area contributed by atoms with Crippen LogP contribution in [0.3, 0.4) is 0 Å². The smallest absolute Gasteiger partial charge is 0.330 e. The highest BCUT2D eigenvalue weighted by Crippen LogP contribution is 2.44. The standard InChI is InChI=1S/C33H35N2O5P/c1-5-37-27-19-13-20-28(38-6-2)31(27)41(32-29(39-7-3)21-14-22-30(32)40-8-4)34-33(36)35-25-17-11-9-15-23(25)24-16-10-12-18-26(24)35/h9-22H,5-8H2,1-4H3,(H,34,36). The van der Waals surface area contributed by atoms with Crippen LogP contribution >= 0.6 is 8.07 Å². The molecule has 0 aliphatic carbocycles. The van der Waals surface area contributed by atoms with E-state index in [0.29, 0.717) is 49.4 Å². The van der Waals surface area contributed by atoms with Crippen molar-refractivity contribution < 1.29 is 23.7 Å². The van der Waals surface area contributed by atoms with E-state index < -0.39 is 8.07 Å². The maximum absolute atomic E-state index is 14.5. The van der Waals surface area contributed by atoms with Crippen molar-refractivity contribution in [3.05, 3.63) is 84.9 Å². The predicted octanol–water partition coefficient (Wildman–Crippen LogP) is 6.99. The number of carbonyl (C=O) groups excluding carboxylic acids is 1. The summed E-state index contributed by atoms with van der Waals surface area (Å²) in [5, 5.41) is 6.94. The number of aromatic nitrogens is 1. The summed E-state index contributed by atoms with van der Waals surface area (Å²) in [5.41, 5.74) is 1.65. The lowest BCUT2D eigenvalue weighted by atomic mass is 10.2. The number of para-hydroxylation sites is 2. The molecular weight excluding hydrogens is 535 g/mol. The molecule has 0 aliphatic heterocycles. The number of amides is 1. The van der Waals surface area contributed by atoms with Gasteiger partial charge in [0.15, 0.2) is 0 Å². The number of hydrogen-bond acceptors (Lipinski definition) is 5. The molecule has 0 radical (unpaired) electrons. The van der Waals surface area contributed by atoms with Crippen molar-refractivity contribution in [3.8, 4) is 23.0 Å². The van der Waals surface area contributed by atoms with Gasteiger partial charge in [0, 0.05) is 10.8 Å². The maximum Gasteiger partial charge on any atom is 0.330 e. The molecule has 5 rings (SSSR count). The van der Waals surface area contributed by atoms with Gasteiger partial charge in [-0.25, -0.2) is 4.79 Å². The average molecular weight is 571 g/mol. The van der Waals surface area contributed by atoms with E-state index in [1.165, 1.54) is 0 Å². The minimum absolute atomic E-state index is 0.268. The van der Waals surface area contributed by atoms with Gasteiger partial charge in [-0.2, -0.15) is 0 Å². The topological polar surface area (TPSA) is 71.0 Å². The molecule has 0 atom stereocenters. The normalized spacial score (nSPS) is 11.1. The lowest BCUT2D eigenvalue weighted by molar-refractivity contribution is 0.249. The van der Waals surface area contributed by atoms with Crippen LogP contribution in [-0.4, -0.2) is 37.0 Å². The van der Waals surface area contributed by atoms with Gasteiger partial charge in [0.05, 0.1) is 56.1 Å². The van der Waals surface area contributed by atoms with Crippen molar-refractivity contribution in [2.45, 2.75) is 27.7 Å². The molecule has 0 unspecified atom stereocenters. The van der Waals surface area contributed by atoms with Gasteiger partial charge in [0.25, 0.3) is 0 Å². The highest BCUT2D eigenvalue weighted by molar-refractivity contribution is 7.72. The van der Waals surface area contributed by atoms with Crippen LogP contribution in [0.25, 0.3) is 21.8 Å². The molecular formula is C33H35N2O5P. The molecule has 0 fully saturated rings. The van der Waals surface area contributed by atoms with Crippen LogP contribution < -0.4 is 34.6 Å². The summed E-state index contributed by atoms with van der Waals surface area (Å²) in [6.07, 6.45) is 0. The molecule has 1 N–H and O–H groups in total. The molecule has 5 aromatic rings. The van der Waals surface area contributed by atoms with Gasteiger partial charge in [-0.15, -0.1) is 0 Å². The van der Waals surface area contributed by atoms with E-state index in [1.807, 2.05) is 113 Å². The molecule has 0 bridgehead atoms. The highest BCUT2D eigenvalue weighted by atomic mass is 31.1. The first kappa shape index (κ1) is 28.3. The lowest BCUT2D eigenvalue weighted by Gasteiger charge is -2.27. The van der Waals surface area contributed by atoms with E-state index in [-0.39, 0.29) is 6.03 Å². The average Bonchev–Trinajstić information content (AvgIpc) is 3.32. The molecule has 1 aromatic heterocycles. The monoisotopic (exact) mass is 570 g/mol. The zero-order chi connectivity index (χ0) is 28.8. The Morgan fingerprint density at radius 2 is 0.951 bits per heavy atom. The van der Waals surface area contributed by atoms with E-state index in [9.17, 15) is 4.79 Å². The number of benzene rings is 4. The summed E-state index contributed by atoms with van der Waals surface area (Å²) in [7, 11) is -1.66. The molecule has 0 aliphatic rings. The van der Waals surface area contributed by atoms with Crippen LogP contribution in [0.5, 0.6) is 23.0 Å². The molecule has 0 spiro atoms. The minimum atomic E-state index is -1.66. The van der Waals surface area contributed by atoms with Gasteiger partial charge >= 0.3 is 6.03 Å². The molecule has 41 heavy (non-hydrogen) atoms. The molecule has 7 nitrogen and oxygen atoms in total. The second kappa shape index (κ2) is 13.0. The number of hydrogen-bond donors (Lipinski definition) is 1. The Labute approximate surface area is 241 Å². The van der Waals surface area contributed by atoms with Crippen LogP contribution in [0.4, 0.5) is 4.79 Å². The maximum atomic E-state index is 14.5. The zero-order valence-corrected chi connectivity index (χ0v) is 24.7. The van der Waals surface area contributed by atoms with Gasteiger partial charge < -0.3 is 24.0 Å². The fourth-order valence-electron chi connectivity index (χ4n) is 5.04. The van der Waals surface area contributed by atoms with Crippen LogP contribution in [-0.2, 0) is 0 Å². The van der Waals surface area contributed by atoms with E-state index in [4.69, 9.17) is 18.9 Å². The Kier molecular flexibility index (Phi) is 8.95. The Hall–Kier alpha value is -4.22. The summed E-state index contributed by atoms with van der Waals surface area (Å²) in [5.74, 6) is 2.56. The number of fused-ring (bicyclic) bond motifs is 3. The first-order chi connectivity index (χ1) is 20.1. The van der Waals surface area contributed by atoms with E-state index in [0.717, 1.165) is 32.4 Å². The number of nitrogens with zero attached hydrogens (tertiary/aromatic N) is 1. The van der Waals surface area contributed by atoms with Gasteiger partial charge in [-0.3, -0.25) is 4.57 Å². The molecule has 1 heterocycles. The van der Waals surface area contributed by atoms with Crippen LogP contribution in [0.15, 0.2) is 84.9 Å². The number of rotatable bonds is 11. The molecule has 4 aromatic carbocycles. The largest absolute Gasteiger partial charge is 0.493 e. The van der Waals surface area contributed by atoms with Crippen molar-refractivity contribution in [2.75, 3.05) is 26.4 Å². The third-order valence-corrected chi connectivity index (χ3v) is 8.75. The first-order valence-electron chi connectivity index (χ1n) is 14.0. The van der Waals surface area contributed by atoms with Crippen molar-refractivity contribution in [1.29, 1.82) is 0 Å². The molecule has 1 amide bonds. The van der Waals surface area contributed by atoms with Crippen molar-refractivity contribution in [2.24, 2.45) is 0 Å². The fourth-order valence-corrected chi connectivity index (χ4v) is 7.22. The van der Waals surface area contributed by atoms with Gasteiger partial charge in [-0.1, -0.05) is 48.5 Å². The Morgan fingerprint density at radius 3 is 1.32 bits per heavy atom. The SMILES string of the molecule is CCOc1cccc(OCC)c1P(NC(=O)n1c2ccccc2c2ccccc21)c1c(OCC)cccc1OCC. The van der Waals surface area contributed by atoms with Crippen molar-refractivity contribution in [3.63, 3.8) is 0 Å². The summed E-state index contributed by atoms with van der Waals surface area (Å²) >= 11 is 0. The number of nitrogens with one attached hydrogen (secondary N) is 1. The third-order valence-electron chi connectivity index (χ3n) is 6.56. The zero-order valence-electron chi connectivity index (χ0n) is 23.8. The second-order valence-corrected chi connectivity index (χ2v) is 10.8. The van der Waals surface area contributed by atoms with E-state index in [2.05, 4.69) is 5.09 Å². The summed E-state index contributed by atoms with van der Waals surface area (Å²) in [6.45, 7) is 9.59. The first-order valence-corrected chi connectivity index (χ1v) is 15.3. The van der Waals surface area contributed by atoms with Gasteiger partial charge in [-0.05, 0) is 64.1 Å². The van der Waals surface area contributed by atoms with Crippen molar-refractivity contribution in [1.82, 2.24) is 9.65 Å². The van der Waals surface area contributed by atoms with Crippen molar-refractivity contribution >= 4 is 46.5 Å². The fraction of sp³-hybridized carbons (Fsp3) is 0.242. The van der Waals surface area contributed by atoms with Gasteiger partial charge in [0.2, 0.25) is 0 Å². The lowest BCUT2D eigenvalue weighted by Crippen LogP contribution is -2.34. The molecule has 212 valence electrons. The Bertz CT molecular complexity index is 1500. The van der Waals surface area contributed by atoms with Crippen LogP contribution in [0, 0.1) is 0 Å². The summed E-state index contributed by atoms with van der Waals surface area (Å²) in [4.78, 5) is 14.5. The quantitative estimate of drug-likeness (QED) is 0.173. The van der Waals surface area contributed by atoms with Crippen LogP contribution in [0.2, 0.25) is 0 Å². The molecule has 0 saturated carbocycles. The van der Waals surface area contributed by atoms with E-state index >= 15 is 0 Å². The van der Waals surface area contributed by atoms with Crippen LogP contribution in [0.1, 0.15) is 27.7 Å². The molecule has 8 heteroatoms. The number of carbonyl (C=O) groups is 1.